The quantitative estimate of drug-likeness (QED) is 0.703. The Bertz CT molecular complexity index is 395. The molecule has 0 spiro atoms. The normalized spacial score (nSPS) is 11.1. The van der Waals surface area contributed by atoms with Crippen molar-refractivity contribution >= 4 is 9.84 Å². The largest absolute Gasteiger partial charge is 0.219 e. The van der Waals surface area contributed by atoms with Gasteiger partial charge in [-0.25, -0.2) is 12.8 Å². The van der Waals surface area contributed by atoms with E-state index in [4.69, 9.17) is 0 Å². The molecule has 0 saturated heterocycles. The fraction of sp³-hybridized carbons (Fsp3) is 0. The summed E-state index contributed by atoms with van der Waals surface area (Å²) < 4.78 is 35.0. The van der Waals surface area contributed by atoms with Crippen molar-refractivity contribution in [2.45, 2.75) is 4.90 Å². The van der Waals surface area contributed by atoms with Gasteiger partial charge in [-0.05, 0) is 12.1 Å². The van der Waals surface area contributed by atoms with Crippen molar-refractivity contribution in [2.75, 3.05) is 0 Å². The Morgan fingerprint density at radius 3 is 2.42 bits per heavy atom. The van der Waals surface area contributed by atoms with Gasteiger partial charge in [-0.2, -0.15) is 0 Å². The molecule has 1 aromatic rings. The molecule has 0 fully saturated rings. The zero-order valence-corrected chi connectivity index (χ0v) is 7.01. The number of benzene rings is 1. The van der Waals surface area contributed by atoms with Crippen molar-refractivity contribution in [1.82, 2.24) is 0 Å². The molecule has 2 nitrogen and oxygen atoms in total. The van der Waals surface area contributed by atoms with Gasteiger partial charge in [0.15, 0.2) is 0 Å². The Morgan fingerprint density at radius 2 is 1.92 bits per heavy atom. The van der Waals surface area contributed by atoms with Crippen LogP contribution >= 0.6 is 0 Å². The Labute approximate surface area is 70.3 Å². The number of hydrogen-bond acceptors (Lipinski definition) is 2. The molecule has 0 bridgehead atoms. The van der Waals surface area contributed by atoms with Crippen LogP contribution in [0.3, 0.4) is 0 Å². The van der Waals surface area contributed by atoms with Crippen molar-refractivity contribution in [1.29, 1.82) is 0 Å². The van der Waals surface area contributed by atoms with Crippen LogP contribution in [0.5, 0.6) is 0 Å². The first kappa shape index (κ1) is 8.93. The minimum atomic E-state index is -3.64. The second kappa shape index (κ2) is 3.06. The Balaban J connectivity index is 3.39. The van der Waals surface area contributed by atoms with Gasteiger partial charge in [-0.3, -0.25) is 0 Å². The molecule has 0 atom stereocenters. The summed E-state index contributed by atoms with van der Waals surface area (Å²) in [4.78, 5) is -0.333. The molecule has 0 aliphatic carbocycles. The van der Waals surface area contributed by atoms with Crippen molar-refractivity contribution in [3.8, 4) is 0 Å². The van der Waals surface area contributed by atoms with Crippen LogP contribution < -0.4 is 0 Å². The molecule has 0 radical (unpaired) electrons. The van der Waals surface area contributed by atoms with Crippen LogP contribution in [0.15, 0.2) is 41.1 Å². The predicted molar refractivity (Wildman–Crippen MR) is 43.8 cm³/mol. The molecule has 0 amide bonds. The lowest BCUT2D eigenvalue weighted by Crippen LogP contribution is -1.98. The molecule has 64 valence electrons. The van der Waals surface area contributed by atoms with Crippen LogP contribution in [0.1, 0.15) is 0 Å². The third-order valence-corrected chi connectivity index (χ3v) is 2.75. The molecule has 0 unspecified atom stereocenters. The molecule has 1 aromatic carbocycles. The molecule has 4 heteroatoms. The third kappa shape index (κ3) is 1.53. The zero-order valence-electron chi connectivity index (χ0n) is 6.20. The molecular formula is C8H7FO2S. The second-order valence-corrected chi connectivity index (χ2v) is 4.01. The summed E-state index contributed by atoms with van der Waals surface area (Å²) in [5.41, 5.74) is 0. The van der Waals surface area contributed by atoms with Crippen LogP contribution in [-0.2, 0) is 9.84 Å². The number of halogens is 1. The van der Waals surface area contributed by atoms with Gasteiger partial charge in [0.25, 0.3) is 0 Å². The first-order valence-corrected chi connectivity index (χ1v) is 4.74. The second-order valence-electron chi connectivity index (χ2n) is 2.14. The van der Waals surface area contributed by atoms with Gasteiger partial charge < -0.3 is 0 Å². The van der Waals surface area contributed by atoms with E-state index < -0.39 is 15.7 Å². The Hall–Kier alpha value is -1.16. The van der Waals surface area contributed by atoms with Crippen LogP contribution in [0, 0.1) is 5.82 Å². The molecule has 0 aliphatic heterocycles. The molecular weight excluding hydrogens is 178 g/mol. The predicted octanol–water partition coefficient (Wildman–Crippen LogP) is 1.74. The summed E-state index contributed by atoms with van der Waals surface area (Å²) in [5, 5.41) is 0.728. The fourth-order valence-electron chi connectivity index (χ4n) is 0.765. The van der Waals surface area contributed by atoms with Gasteiger partial charge in [0.1, 0.15) is 10.7 Å². The highest BCUT2D eigenvalue weighted by atomic mass is 32.2. The molecule has 0 N–H and O–H groups in total. The molecule has 0 aliphatic rings. The highest BCUT2D eigenvalue weighted by Crippen LogP contribution is 2.14. The van der Waals surface area contributed by atoms with Gasteiger partial charge in [0.05, 0.1) is 0 Å². The van der Waals surface area contributed by atoms with Crippen molar-refractivity contribution in [2.24, 2.45) is 0 Å². The molecule has 0 heterocycles. The lowest BCUT2D eigenvalue weighted by Gasteiger charge is -1.98. The van der Waals surface area contributed by atoms with E-state index >= 15 is 0 Å². The summed E-state index contributed by atoms with van der Waals surface area (Å²) in [6.07, 6.45) is 0. The van der Waals surface area contributed by atoms with E-state index in [1.165, 1.54) is 18.2 Å². The van der Waals surface area contributed by atoms with E-state index in [0.29, 0.717) is 0 Å². The average molecular weight is 185 g/mol. The monoisotopic (exact) mass is 185 g/mol. The highest BCUT2D eigenvalue weighted by molar-refractivity contribution is 7.94. The van der Waals surface area contributed by atoms with Gasteiger partial charge in [-0.1, -0.05) is 18.7 Å². The number of hydrogen-bond donors (Lipinski definition) is 0. The van der Waals surface area contributed by atoms with Gasteiger partial charge >= 0.3 is 0 Å². The maximum atomic E-state index is 12.8. The highest BCUT2D eigenvalue weighted by Gasteiger charge is 2.13. The first-order chi connectivity index (χ1) is 5.58. The maximum absolute atomic E-state index is 12.8. The average Bonchev–Trinajstić information content (AvgIpc) is 2.05. The van der Waals surface area contributed by atoms with E-state index in [-0.39, 0.29) is 4.90 Å². The summed E-state index contributed by atoms with van der Waals surface area (Å²) in [6.45, 7) is 3.10. The summed E-state index contributed by atoms with van der Waals surface area (Å²) in [5.74, 6) is -0.752. The van der Waals surface area contributed by atoms with Crippen molar-refractivity contribution in [3.05, 3.63) is 42.1 Å². The van der Waals surface area contributed by atoms with Crippen LogP contribution in [0.25, 0.3) is 0 Å². The van der Waals surface area contributed by atoms with Gasteiger partial charge in [0, 0.05) is 5.41 Å². The minimum absolute atomic E-state index is 0.333. The molecule has 0 saturated carbocycles. The summed E-state index contributed by atoms with van der Waals surface area (Å²) in [6, 6.07) is 5.18. The topological polar surface area (TPSA) is 34.1 Å². The number of rotatable bonds is 2. The maximum Gasteiger partial charge on any atom is 0.202 e. The Kier molecular flexibility index (Phi) is 2.28. The van der Waals surface area contributed by atoms with Crippen LogP contribution in [-0.4, -0.2) is 8.42 Å². The molecule has 12 heavy (non-hydrogen) atoms. The summed E-state index contributed by atoms with van der Waals surface area (Å²) >= 11 is 0. The van der Waals surface area contributed by atoms with Crippen LogP contribution in [0.2, 0.25) is 0 Å². The lowest BCUT2D eigenvalue weighted by molar-refractivity contribution is 0.572. The SMILES string of the molecule is C=CS(=O)(=O)c1ccccc1[18F]. The van der Waals surface area contributed by atoms with E-state index in [1.807, 2.05) is 0 Å². The van der Waals surface area contributed by atoms with E-state index in [9.17, 15) is 12.8 Å². The van der Waals surface area contributed by atoms with E-state index in [1.54, 1.807) is 0 Å². The molecule has 0 aromatic heterocycles. The van der Waals surface area contributed by atoms with Crippen LogP contribution in [0.4, 0.5) is 4.39 Å². The lowest BCUT2D eigenvalue weighted by atomic mass is 10.3. The van der Waals surface area contributed by atoms with Crippen molar-refractivity contribution < 1.29 is 12.8 Å². The van der Waals surface area contributed by atoms with Gasteiger partial charge in [0.2, 0.25) is 9.84 Å². The minimum Gasteiger partial charge on any atom is -0.219 e. The fourth-order valence-corrected chi connectivity index (χ4v) is 1.55. The number of sulfone groups is 1. The van der Waals surface area contributed by atoms with E-state index in [0.717, 1.165) is 11.5 Å². The smallest absolute Gasteiger partial charge is 0.202 e. The Morgan fingerprint density at radius 1 is 1.33 bits per heavy atom. The third-order valence-electron chi connectivity index (χ3n) is 1.36. The van der Waals surface area contributed by atoms with Gasteiger partial charge in [-0.15, -0.1) is 0 Å². The summed E-state index contributed by atoms with van der Waals surface area (Å²) in [7, 11) is -3.64. The van der Waals surface area contributed by atoms with E-state index in [2.05, 4.69) is 6.58 Å². The first-order valence-electron chi connectivity index (χ1n) is 3.20. The van der Waals surface area contributed by atoms with Crippen molar-refractivity contribution in [3.63, 3.8) is 0 Å². The zero-order chi connectivity index (χ0) is 9.19. The standard InChI is InChI=1S/C8H7FO2S/c1-2-12(10,11)8-6-4-3-5-7(8)9/h2-6H,1H2/i9-1. The molecule has 1 rings (SSSR count).